The highest BCUT2D eigenvalue weighted by Gasteiger charge is 2.18. The van der Waals surface area contributed by atoms with Crippen LogP contribution in [-0.2, 0) is 27.9 Å². The first kappa shape index (κ1) is 30.4. The fourth-order valence-electron chi connectivity index (χ4n) is 3.25. The molecule has 1 aromatic heterocycles. The largest absolute Gasteiger partial charge is 0.490 e. The van der Waals surface area contributed by atoms with Crippen molar-refractivity contribution in [2.24, 2.45) is 12.0 Å². The van der Waals surface area contributed by atoms with Gasteiger partial charge in [0.2, 0.25) is 5.62 Å². The number of aliphatic hydroxyl groups excluding tert-OH is 1. The van der Waals surface area contributed by atoms with Crippen LogP contribution in [0.2, 0.25) is 0 Å². The molecular formula is C26H38N4O8. The number of hydrogen-bond acceptors (Lipinski definition) is 7. The van der Waals surface area contributed by atoms with Crippen molar-refractivity contribution < 1.29 is 38.8 Å². The lowest BCUT2D eigenvalue weighted by atomic mass is 10.1. The second-order valence-electron chi connectivity index (χ2n) is 10.6. The Hall–Kier alpha value is -3.80. The zero-order chi connectivity index (χ0) is 28.7. The molecule has 0 saturated carbocycles. The van der Waals surface area contributed by atoms with Crippen molar-refractivity contribution in [1.82, 2.24) is 14.5 Å². The minimum atomic E-state index is -1.62. The molecule has 1 aromatic carbocycles. The highest BCUT2D eigenvalue weighted by Crippen LogP contribution is 2.22. The molecule has 3 N–H and O–H groups in total. The van der Waals surface area contributed by atoms with E-state index in [4.69, 9.17) is 19.3 Å². The van der Waals surface area contributed by atoms with Gasteiger partial charge in [-0.2, -0.15) is 0 Å². The van der Waals surface area contributed by atoms with E-state index in [0.29, 0.717) is 30.9 Å². The predicted octanol–water partition coefficient (Wildman–Crippen LogP) is 3.07. The van der Waals surface area contributed by atoms with Gasteiger partial charge in [0.05, 0.1) is 5.69 Å². The molecule has 0 fully saturated rings. The molecule has 0 unspecified atom stereocenters. The molecule has 0 aliphatic rings. The Kier molecular flexibility index (Phi) is 10.1. The van der Waals surface area contributed by atoms with Crippen molar-refractivity contribution in [3.63, 3.8) is 0 Å². The van der Waals surface area contributed by atoms with Gasteiger partial charge < -0.3 is 38.9 Å². The van der Waals surface area contributed by atoms with Gasteiger partial charge in [-0.15, -0.1) is 4.99 Å². The number of ether oxygens (including phenoxy) is 3. The quantitative estimate of drug-likeness (QED) is 0.415. The number of carbonyl (C=O) groups excluding carboxylic acids is 2. The summed E-state index contributed by atoms with van der Waals surface area (Å²) in [6.45, 7) is 11.1. The molecule has 210 valence electrons. The van der Waals surface area contributed by atoms with E-state index in [1.165, 1.54) is 0 Å². The Morgan fingerprint density at radius 3 is 2.18 bits per heavy atom. The Labute approximate surface area is 221 Å². The third-order valence-corrected chi connectivity index (χ3v) is 4.87. The Balaban J connectivity index is 2.26. The van der Waals surface area contributed by atoms with E-state index in [0.717, 1.165) is 11.3 Å². The molecule has 38 heavy (non-hydrogen) atoms. The van der Waals surface area contributed by atoms with Crippen molar-refractivity contribution in [2.45, 2.75) is 71.8 Å². The van der Waals surface area contributed by atoms with E-state index in [-0.39, 0.29) is 6.61 Å². The number of aliphatic carboxylic acids is 1. The van der Waals surface area contributed by atoms with Gasteiger partial charge in [0.25, 0.3) is 0 Å². The normalized spacial score (nSPS) is 13.1. The van der Waals surface area contributed by atoms with E-state index in [9.17, 15) is 19.5 Å². The summed E-state index contributed by atoms with van der Waals surface area (Å²) < 4.78 is 19.5. The molecule has 0 aliphatic carbocycles. The SMILES string of the molecule is Cn1c(-c2ccc(OC[C@@H](O)C(=O)O)cc2)cn(CCCNC(=O)OC(C)(C)C)c1=NC(=O)OC(C)(C)C. The van der Waals surface area contributed by atoms with Crippen molar-refractivity contribution in [2.75, 3.05) is 13.2 Å². The third kappa shape index (κ3) is 9.92. The lowest BCUT2D eigenvalue weighted by Gasteiger charge is -2.19. The molecule has 1 heterocycles. The molecule has 0 aliphatic heterocycles. The standard InChI is InChI=1S/C26H38N4O8/c1-25(2,3)37-23(34)27-13-8-14-30-15-19(29(7)22(30)28-24(35)38-26(4,5)6)17-9-11-18(12-10-17)36-16-20(31)21(32)33/h9-12,15,20,31H,8,13-14,16H2,1-7H3,(H,27,34)(H,32,33)/t20-/m1/s1. The van der Waals surface area contributed by atoms with Crippen LogP contribution in [0.1, 0.15) is 48.0 Å². The number of alkyl carbamates (subject to hydrolysis) is 1. The molecule has 12 nitrogen and oxygen atoms in total. The van der Waals surface area contributed by atoms with Gasteiger partial charge in [0.15, 0.2) is 6.10 Å². The van der Waals surface area contributed by atoms with E-state index in [2.05, 4.69) is 10.3 Å². The van der Waals surface area contributed by atoms with Gasteiger partial charge in [-0.1, -0.05) is 0 Å². The summed E-state index contributed by atoms with van der Waals surface area (Å²) in [5.41, 5.74) is 0.579. The first-order valence-corrected chi connectivity index (χ1v) is 12.2. The highest BCUT2D eigenvalue weighted by molar-refractivity contribution is 5.72. The average molecular weight is 535 g/mol. The second kappa shape index (κ2) is 12.6. The summed E-state index contributed by atoms with van der Waals surface area (Å²) in [6, 6.07) is 6.83. The number of carboxylic acids is 1. The average Bonchev–Trinajstić information content (AvgIpc) is 3.08. The molecular weight excluding hydrogens is 496 g/mol. The summed E-state index contributed by atoms with van der Waals surface area (Å²) in [5, 5.41) is 20.9. The van der Waals surface area contributed by atoms with Gasteiger partial charge in [-0.25, -0.2) is 14.4 Å². The topological polar surface area (TPSA) is 154 Å². The number of benzene rings is 1. The molecule has 0 bridgehead atoms. The number of nitrogens with zero attached hydrogens (tertiary/aromatic N) is 3. The Morgan fingerprint density at radius 1 is 1.03 bits per heavy atom. The molecule has 0 saturated heterocycles. The summed E-state index contributed by atoms with van der Waals surface area (Å²) in [6.07, 6.45) is -0.480. The molecule has 0 spiro atoms. The molecule has 1 atom stereocenters. The number of hydrogen-bond donors (Lipinski definition) is 3. The van der Waals surface area contributed by atoms with Crippen LogP contribution in [0.15, 0.2) is 35.5 Å². The van der Waals surface area contributed by atoms with Crippen LogP contribution in [0, 0.1) is 0 Å². The van der Waals surface area contributed by atoms with Gasteiger partial charge in [-0.3, -0.25) is 0 Å². The van der Waals surface area contributed by atoms with Gasteiger partial charge in [-0.05, 0) is 77.8 Å². The predicted molar refractivity (Wildman–Crippen MR) is 139 cm³/mol. The second-order valence-corrected chi connectivity index (χ2v) is 10.6. The highest BCUT2D eigenvalue weighted by atomic mass is 16.6. The minimum absolute atomic E-state index is 0.353. The number of carboxylic acid groups (broad SMARTS) is 1. The van der Waals surface area contributed by atoms with Crippen molar-refractivity contribution >= 4 is 18.2 Å². The fraction of sp³-hybridized carbons (Fsp3) is 0.538. The molecule has 0 radical (unpaired) electrons. The number of aliphatic hydroxyl groups is 1. The van der Waals surface area contributed by atoms with Gasteiger partial charge >= 0.3 is 18.2 Å². The van der Waals surface area contributed by atoms with Gasteiger partial charge in [0, 0.05) is 26.3 Å². The zero-order valence-corrected chi connectivity index (χ0v) is 23.0. The number of imidazole rings is 1. The van der Waals surface area contributed by atoms with Crippen LogP contribution < -0.4 is 15.7 Å². The van der Waals surface area contributed by atoms with Crippen molar-refractivity contribution in [3.05, 3.63) is 36.1 Å². The minimum Gasteiger partial charge on any atom is -0.490 e. The molecule has 2 amide bonds. The van der Waals surface area contributed by atoms with Crippen LogP contribution >= 0.6 is 0 Å². The fourth-order valence-corrected chi connectivity index (χ4v) is 3.25. The maximum atomic E-state index is 12.5. The number of carbonyl (C=O) groups is 3. The summed E-state index contributed by atoms with van der Waals surface area (Å²) >= 11 is 0. The smallest absolute Gasteiger partial charge is 0.437 e. The van der Waals surface area contributed by atoms with Crippen LogP contribution in [0.4, 0.5) is 9.59 Å². The molecule has 12 heteroatoms. The maximum absolute atomic E-state index is 12.5. The Bertz CT molecular complexity index is 1180. The number of aromatic nitrogens is 2. The summed E-state index contributed by atoms with van der Waals surface area (Å²) in [7, 11) is 1.77. The Morgan fingerprint density at radius 2 is 1.63 bits per heavy atom. The van der Waals surface area contributed by atoms with E-state index in [1.807, 2.05) is 6.20 Å². The number of nitrogens with one attached hydrogen (secondary N) is 1. The van der Waals surface area contributed by atoms with Crippen LogP contribution in [0.25, 0.3) is 11.3 Å². The van der Waals surface area contributed by atoms with Crippen LogP contribution in [-0.4, -0.2) is 68.0 Å². The first-order valence-electron chi connectivity index (χ1n) is 12.2. The van der Waals surface area contributed by atoms with Crippen molar-refractivity contribution in [1.29, 1.82) is 0 Å². The lowest BCUT2D eigenvalue weighted by Crippen LogP contribution is -2.34. The zero-order valence-electron chi connectivity index (χ0n) is 23.0. The van der Waals surface area contributed by atoms with E-state index in [1.54, 1.807) is 82.0 Å². The van der Waals surface area contributed by atoms with Gasteiger partial charge in [0.1, 0.15) is 23.6 Å². The number of rotatable bonds is 9. The molecule has 2 aromatic rings. The number of aryl methyl sites for hydroxylation is 1. The van der Waals surface area contributed by atoms with Crippen LogP contribution in [0.5, 0.6) is 5.75 Å². The number of amides is 2. The first-order chi connectivity index (χ1) is 17.6. The molecule has 2 rings (SSSR count). The summed E-state index contributed by atoms with van der Waals surface area (Å²) in [5.74, 6) is -0.972. The monoisotopic (exact) mass is 534 g/mol. The lowest BCUT2D eigenvalue weighted by molar-refractivity contribution is -0.148. The summed E-state index contributed by atoms with van der Waals surface area (Å²) in [4.78, 5) is 39.4. The third-order valence-electron chi connectivity index (χ3n) is 4.87. The maximum Gasteiger partial charge on any atom is 0.437 e. The van der Waals surface area contributed by atoms with Crippen molar-refractivity contribution in [3.8, 4) is 17.0 Å². The van der Waals surface area contributed by atoms with E-state index < -0.39 is 35.5 Å². The van der Waals surface area contributed by atoms with Crippen LogP contribution in [0.3, 0.4) is 0 Å². The van der Waals surface area contributed by atoms with E-state index >= 15 is 0 Å².